The Kier molecular flexibility index (Phi) is 4.66. The van der Waals surface area contributed by atoms with Crippen LogP contribution >= 0.6 is 15.9 Å². The number of hydrogen-bond donors (Lipinski definition) is 1. The fourth-order valence-electron chi connectivity index (χ4n) is 2.01. The molecule has 1 N–H and O–H groups in total. The lowest BCUT2D eigenvalue weighted by Gasteiger charge is -2.19. The van der Waals surface area contributed by atoms with Gasteiger partial charge in [0.15, 0.2) is 4.67 Å². The lowest BCUT2D eigenvalue weighted by atomic mass is 10.1. The van der Waals surface area contributed by atoms with Gasteiger partial charge >= 0.3 is 0 Å². The maximum atomic E-state index is 5.55. The maximum absolute atomic E-state index is 5.55. The van der Waals surface area contributed by atoms with E-state index in [2.05, 4.69) is 47.2 Å². The minimum Gasteiger partial charge on any atom is -0.497 e. The molecule has 0 bridgehead atoms. The van der Waals surface area contributed by atoms with Crippen molar-refractivity contribution in [1.82, 2.24) is 5.32 Å². The van der Waals surface area contributed by atoms with Gasteiger partial charge < -0.3 is 14.5 Å². The van der Waals surface area contributed by atoms with Gasteiger partial charge in [-0.25, -0.2) is 0 Å². The van der Waals surface area contributed by atoms with Crippen LogP contribution in [0.1, 0.15) is 37.3 Å². The summed E-state index contributed by atoms with van der Waals surface area (Å²) in [4.78, 5) is 0. The van der Waals surface area contributed by atoms with Crippen molar-refractivity contribution in [2.75, 3.05) is 7.11 Å². The average Bonchev–Trinajstić information content (AvgIpc) is 2.85. The summed E-state index contributed by atoms with van der Waals surface area (Å²) in [6.45, 7) is 4.22. The highest BCUT2D eigenvalue weighted by atomic mass is 79.9. The SMILES string of the molecule is COc1ccc([C@H](C)NC(C)c2ccc(Br)o2)cc1. The van der Waals surface area contributed by atoms with Crippen LogP contribution in [0.15, 0.2) is 45.5 Å². The number of furan rings is 1. The summed E-state index contributed by atoms with van der Waals surface area (Å²) >= 11 is 3.32. The molecule has 0 aliphatic rings. The van der Waals surface area contributed by atoms with Gasteiger partial charge in [0.2, 0.25) is 0 Å². The zero-order valence-corrected chi connectivity index (χ0v) is 12.9. The first-order valence-electron chi connectivity index (χ1n) is 6.25. The predicted molar refractivity (Wildman–Crippen MR) is 79.4 cm³/mol. The van der Waals surface area contributed by atoms with Crippen LogP contribution in [0.5, 0.6) is 5.75 Å². The Hall–Kier alpha value is -1.26. The third-order valence-electron chi connectivity index (χ3n) is 3.14. The topological polar surface area (TPSA) is 34.4 Å². The summed E-state index contributed by atoms with van der Waals surface area (Å²) < 4.78 is 11.5. The minimum atomic E-state index is 0.156. The zero-order chi connectivity index (χ0) is 13.8. The molecule has 1 heterocycles. The molecule has 3 nitrogen and oxygen atoms in total. The van der Waals surface area contributed by atoms with Crippen LogP contribution < -0.4 is 10.1 Å². The summed E-state index contributed by atoms with van der Waals surface area (Å²) in [6, 6.07) is 12.4. The van der Waals surface area contributed by atoms with Crippen molar-refractivity contribution in [3.05, 3.63) is 52.4 Å². The third-order valence-corrected chi connectivity index (χ3v) is 3.56. The minimum absolute atomic E-state index is 0.156. The standard InChI is InChI=1S/C15H18BrNO2/c1-10(12-4-6-13(18-3)7-5-12)17-11(2)14-8-9-15(16)19-14/h4-11,17H,1-3H3/t10-,11?/m0/s1. The number of nitrogens with one attached hydrogen (secondary N) is 1. The van der Waals surface area contributed by atoms with Crippen molar-refractivity contribution in [3.63, 3.8) is 0 Å². The van der Waals surface area contributed by atoms with E-state index in [4.69, 9.17) is 9.15 Å². The van der Waals surface area contributed by atoms with Crippen molar-refractivity contribution < 1.29 is 9.15 Å². The molecule has 1 aromatic heterocycles. The van der Waals surface area contributed by atoms with Crippen molar-refractivity contribution in [2.24, 2.45) is 0 Å². The molecule has 0 saturated heterocycles. The summed E-state index contributed by atoms with van der Waals surface area (Å²) in [5.41, 5.74) is 1.22. The van der Waals surface area contributed by atoms with Gasteiger partial charge in [-0.15, -0.1) is 0 Å². The molecule has 0 aliphatic heterocycles. The lowest BCUT2D eigenvalue weighted by molar-refractivity contribution is 0.393. The van der Waals surface area contributed by atoms with Crippen LogP contribution in [0.4, 0.5) is 0 Å². The first-order valence-corrected chi connectivity index (χ1v) is 7.04. The maximum Gasteiger partial charge on any atom is 0.169 e. The second kappa shape index (κ2) is 6.26. The Labute approximate surface area is 122 Å². The number of ether oxygens (including phenoxy) is 1. The molecule has 0 spiro atoms. The first-order chi connectivity index (χ1) is 9.10. The van der Waals surface area contributed by atoms with Crippen molar-refractivity contribution in [1.29, 1.82) is 0 Å². The number of benzene rings is 1. The van der Waals surface area contributed by atoms with E-state index in [1.165, 1.54) is 5.56 Å². The van der Waals surface area contributed by atoms with Gasteiger partial charge in [-0.1, -0.05) is 12.1 Å². The summed E-state index contributed by atoms with van der Waals surface area (Å²) in [5, 5.41) is 3.51. The van der Waals surface area contributed by atoms with E-state index in [0.29, 0.717) is 0 Å². The summed E-state index contributed by atoms with van der Waals surface area (Å²) in [7, 11) is 1.67. The summed E-state index contributed by atoms with van der Waals surface area (Å²) in [6.07, 6.45) is 0. The van der Waals surface area contributed by atoms with Crippen LogP contribution in [-0.2, 0) is 0 Å². The normalized spacial score (nSPS) is 14.1. The number of hydrogen-bond acceptors (Lipinski definition) is 3. The van der Waals surface area contributed by atoms with E-state index in [9.17, 15) is 0 Å². The molecule has 4 heteroatoms. The monoisotopic (exact) mass is 323 g/mol. The van der Waals surface area contributed by atoms with E-state index in [-0.39, 0.29) is 12.1 Å². The highest BCUT2D eigenvalue weighted by Gasteiger charge is 2.14. The molecule has 0 radical (unpaired) electrons. The zero-order valence-electron chi connectivity index (χ0n) is 11.3. The largest absolute Gasteiger partial charge is 0.497 e. The number of rotatable bonds is 5. The van der Waals surface area contributed by atoms with Gasteiger partial charge in [-0.2, -0.15) is 0 Å². The number of methoxy groups -OCH3 is 1. The molecular formula is C15H18BrNO2. The Balaban J connectivity index is 2.01. The Morgan fingerprint density at radius 1 is 1.05 bits per heavy atom. The smallest absolute Gasteiger partial charge is 0.169 e. The molecule has 19 heavy (non-hydrogen) atoms. The molecule has 1 unspecified atom stereocenters. The van der Waals surface area contributed by atoms with Crippen LogP contribution in [-0.4, -0.2) is 7.11 Å². The summed E-state index contributed by atoms with van der Waals surface area (Å²) in [5.74, 6) is 1.80. The van der Waals surface area contributed by atoms with Crippen molar-refractivity contribution in [3.8, 4) is 5.75 Å². The van der Waals surface area contributed by atoms with Gasteiger partial charge in [0, 0.05) is 6.04 Å². The van der Waals surface area contributed by atoms with Crippen molar-refractivity contribution in [2.45, 2.75) is 25.9 Å². The third kappa shape index (κ3) is 3.61. The highest BCUT2D eigenvalue weighted by Crippen LogP contribution is 2.24. The Bertz CT molecular complexity index is 521. The molecule has 2 aromatic rings. The molecule has 0 amide bonds. The van der Waals surface area contributed by atoms with Gasteiger partial charge in [0.25, 0.3) is 0 Å². The van der Waals surface area contributed by atoms with Crippen LogP contribution in [0.25, 0.3) is 0 Å². The first kappa shape index (κ1) is 14.2. The fourth-order valence-corrected chi connectivity index (χ4v) is 2.33. The quantitative estimate of drug-likeness (QED) is 0.881. The molecule has 0 fully saturated rings. The average molecular weight is 324 g/mol. The second-order valence-electron chi connectivity index (χ2n) is 4.53. The number of halogens is 1. The Morgan fingerprint density at radius 3 is 2.26 bits per heavy atom. The van der Waals surface area contributed by atoms with E-state index in [1.807, 2.05) is 24.3 Å². The predicted octanol–water partition coefficient (Wildman–Crippen LogP) is 4.46. The van der Waals surface area contributed by atoms with Crippen LogP contribution in [0.2, 0.25) is 0 Å². The molecule has 0 saturated carbocycles. The molecular weight excluding hydrogens is 306 g/mol. The van der Waals surface area contributed by atoms with E-state index in [1.54, 1.807) is 7.11 Å². The fraction of sp³-hybridized carbons (Fsp3) is 0.333. The molecule has 0 aliphatic carbocycles. The van der Waals surface area contributed by atoms with Gasteiger partial charge in [-0.05, 0) is 59.6 Å². The van der Waals surface area contributed by atoms with Crippen LogP contribution in [0.3, 0.4) is 0 Å². The van der Waals surface area contributed by atoms with Gasteiger partial charge in [-0.3, -0.25) is 0 Å². The second-order valence-corrected chi connectivity index (χ2v) is 5.31. The van der Waals surface area contributed by atoms with E-state index < -0.39 is 0 Å². The molecule has 1 aromatic carbocycles. The molecule has 2 rings (SSSR count). The highest BCUT2D eigenvalue weighted by molar-refractivity contribution is 9.10. The molecule has 102 valence electrons. The molecule has 2 atom stereocenters. The van der Waals surface area contributed by atoms with E-state index in [0.717, 1.165) is 16.2 Å². The van der Waals surface area contributed by atoms with Crippen LogP contribution in [0, 0.1) is 0 Å². The van der Waals surface area contributed by atoms with E-state index >= 15 is 0 Å². The van der Waals surface area contributed by atoms with Gasteiger partial charge in [0.1, 0.15) is 11.5 Å². The van der Waals surface area contributed by atoms with Crippen molar-refractivity contribution >= 4 is 15.9 Å². The van der Waals surface area contributed by atoms with Gasteiger partial charge in [0.05, 0.1) is 13.2 Å². The Morgan fingerprint density at radius 2 is 1.74 bits per heavy atom. The lowest BCUT2D eigenvalue weighted by Crippen LogP contribution is -2.22.